The molecule has 4 N–H and O–H groups in total. The number of anilines is 1. The summed E-state index contributed by atoms with van der Waals surface area (Å²) in [5.74, 6) is -0.742. The first-order chi connectivity index (χ1) is 13.8. The molecule has 2 amide bonds. The highest BCUT2D eigenvalue weighted by Gasteiger charge is 2.18. The molecule has 2 aromatic carbocycles. The lowest BCUT2D eigenvalue weighted by Crippen LogP contribution is -2.28. The molecule has 0 fully saturated rings. The van der Waals surface area contributed by atoms with Crippen LogP contribution in [-0.2, 0) is 10.0 Å². The molecule has 1 aromatic heterocycles. The summed E-state index contributed by atoms with van der Waals surface area (Å²) in [4.78, 5) is 24.9. The van der Waals surface area contributed by atoms with E-state index in [4.69, 9.17) is 9.56 Å². The summed E-state index contributed by atoms with van der Waals surface area (Å²) < 4.78 is 27.8. The number of rotatable bonds is 6. The zero-order valence-electron chi connectivity index (χ0n) is 15.5. The van der Waals surface area contributed by atoms with Crippen LogP contribution in [0.25, 0.3) is 0 Å². The molecule has 0 aliphatic heterocycles. The average Bonchev–Trinajstić information content (AvgIpc) is 3.22. The van der Waals surface area contributed by atoms with Crippen molar-refractivity contribution in [1.29, 1.82) is 0 Å². The van der Waals surface area contributed by atoms with Crippen LogP contribution in [0.15, 0.2) is 76.2 Å². The maximum atomic E-state index is 12.7. The van der Waals surface area contributed by atoms with Gasteiger partial charge in [0, 0.05) is 0 Å². The van der Waals surface area contributed by atoms with Gasteiger partial charge in [-0.15, -0.1) is 0 Å². The van der Waals surface area contributed by atoms with E-state index in [-0.39, 0.29) is 16.2 Å². The third-order valence-electron chi connectivity index (χ3n) is 4.22. The Morgan fingerprint density at radius 2 is 1.66 bits per heavy atom. The number of benzene rings is 2. The lowest BCUT2D eigenvalue weighted by Gasteiger charge is -2.16. The number of nitrogens with one attached hydrogen (secondary N) is 2. The normalized spacial score (nSPS) is 12.2. The SMILES string of the molecule is CC(NC(=O)c1ccccc1NC(=O)c1ccco1)c1ccc(S(N)(=O)=O)cc1. The highest BCUT2D eigenvalue weighted by atomic mass is 32.2. The molecule has 0 bridgehead atoms. The van der Waals surface area contributed by atoms with Gasteiger partial charge >= 0.3 is 0 Å². The van der Waals surface area contributed by atoms with E-state index in [1.807, 2.05) is 0 Å². The summed E-state index contributed by atoms with van der Waals surface area (Å²) in [6.45, 7) is 1.76. The summed E-state index contributed by atoms with van der Waals surface area (Å²) in [6.07, 6.45) is 1.39. The second-order valence-electron chi connectivity index (χ2n) is 6.29. The van der Waals surface area contributed by atoms with Crippen LogP contribution in [0.2, 0.25) is 0 Å². The number of amides is 2. The number of primary sulfonamides is 1. The molecule has 0 saturated carbocycles. The van der Waals surface area contributed by atoms with Crippen molar-refractivity contribution < 1.29 is 22.4 Å². The van der Waals surface area contributed by atoms with Gasteiger partial charge in [0.15, 0.2) is 5.76 Å². The van der Waals surface area contributed by atoms with E-state index >= 15 is 0 Å². The zero-order chi connectivity index (χ0) is 21.0. The minimum absolute atomic E-state index is 0.00855. The van der Waals surface area contributed by atoms with Crippen molar-refractivity contribution in [3.05, 3.63) is 83.8 Å². The van der Waals surface area contributed by atoms with E-state index < -0.39 is 27.9 Å². The van der Waals surface area contributed by atoms with Gasteiger partial charge in [-0.2, -0.15) is 0 Å². The van der Waals surface area contributed by atoms with Crippen LogP contribution in [0.1, 0.15) is 39.4 Å². The van der Waals surface area contributed by atoms with Crippen LogP contribution in [0.3, 0.4) is 0 Å². The summed E-state index contributed by atoms with van der Waals surface area (Å²) in [5.41, 5.74) is 1.31. The lowest BCUT2D eigenvalue weighted by molar-refractivity contribution is 0.0940. The molecule has 0 aliphatic rings. The van der Waals surface area contributed by atoms with E-state index in [1.54, 1.807) is 49.4 Å². The third-order valence-corrected chi connectivity index (χ3v) is 5.15. The minimum Gasteiger partial charge on any atom is -0.459 e. The van der Waals surface area contributed by atoms with E-state index in [0.717, 1.165) is 0 Å². The fourth-order valence-corrected chi connectivity index (χ4v) is 3.20. The molecule has 150 valence electrons. The first kappa shape index (κ1) is 20.3. The lowest BCUT2D eigenvalue weighted by atomic mass is 10.1. The van der Waals surface area contributed by atoms with Gasteiger partial charge in [0.2, 0.25) is 10.0 Å². The van der Waals surface area contributed by atoms with E-state index in [9.17, 15) is 18.0 Å². The molecular weight excluding hydrogens is 394 g/mol. The van der Waals surface area contributed by atoms with Crippen LogP contribution in [0.5, 0.6) is 0 Å². The van der Waals surface area contributed by atoms with Crippen molar-refractivity contribution in [2.75, 3.05) is 5.32 Å². The number of carbonyl (C=O) groups excluding carboxylic acids is 2. The average molecular weight is 413 g/mol. The molecule has 1 atom stereocenters. The van der Waals surface area contributed by atoms with Crippen molar-refractivity contribution in [3.63, 3.8) is 0 Å². The second-order valence-corrected chi connectivity index (χ2v) is 7.85. The molecule has 0 saturated heterocycles. The Labute approximate surface area is 167 Å². The van der Waals surface area contributed by atoms with Gasteiger partial charge in [-0.05, 0) is 48.9 Å². The summed E-state index contributed by atoms with van der Waals surface area (Å²) in [6, 6.07) is 15.2. The zero-order valence-corrected chi connectivity index (χ0v) is 16.3. The monoisotopic (exact) mass is 413 g/mol. The molecule has 8 nitrogen and oxygen atoms in total. The number of hydrogen-bond donors (Lipinski definition) is 3. The van der Waals surface area contributed by atoms with Gasteiger partial charge in [0.05, 0.1) is 28.5 Å². The number of sulfonamides is 1. The van der Waals surface area contributed by atoms with Crippen LogP contribution < -0.4 is 15.8 Å². The fraction of sp³-hybridized carbons (Fsp3) is 0.100. The number of nitrogens with two attached hydrogens (primary N) is 1. The van der Waals surface area contributed by atoms with Gasteiger partial charge in [-0.1, -0.05) is 24.3 Å². The number of carbonyl (C=O) groups is 2. The minimum atomic E-state index is -3.78. The Morgan fingerprint density at radius 3 is 2.28 bits per heavy atom. The molecule has 0 radical (unpaired) electrons. The van der Waals surface area contributed by atoms with Crippen molar-refractivity contribution in [2.24, 2.45) is 5.14 Å². The summed E-state index contributed by atoms with van der Waals surface area (Å²) >= 11 is 0. The first-order valence-electron chi connectivity index (χ1n) is 8.63. The van der Waals surface area contributed by atoms with Crippen LogP contribution in [-0.4, -0.2) is 20.2 Å². The van der Waals surface area contributed by atoms with Gasteiger partial charge in [0.25, 0.3) is 11.8 Å². The van der Waals surface area contributed by atoms with Gasteiger partial charge < -0.3 is 15.1 Å². The van der Waals surface area contributed by atoms with E-state index in [0.29, 0.717) is 11.3 Å². The third kappa shape index (κ3) is 4.89. The Kier molecular flexibility index (Phi) is 5.81. The predicted octanol–water partition coefficient (Wildman–Crippen LogP) is 2.67. The topological polar surface area (TPSA) is 132 Å². The van der Waals surface area contributed by atoms with Crippen LogP contribution in [0.4, 0.5) is 5.69 Å². The Balaban J connectivity index is 1.74. The molecule has 29 heavy (non-hydrogen) atoms. The number of para-hydroxylation sites is 1. The molecular formula is C20H19N3O5S. The number of hydrogen-bond acceptors (Lipinski definition) is 5. The van der Waals surface area contributed by atoms with Crippen molar-refractivity contribution in [2.45, 2.75) is 17.9 Å². The smallest absolute Gasteiger partial charge is 0.291 e. The van der Waals surface area contributed by atoms with Crippen LogP contribution >= 0.6 is 0 Å². The van der Waals surface area contributed by atoms with Gasteiger partial charge in [-0.3, -0.25) is 9.59 Å². The Morgan fingerprint density at radius 1 is 0.966 bits per heavy atom. The Bertz CT molecular complexity index is 1120. The van der Waals surface area contributed by atoms with Gasteiger partial charge in [-0.25, -0.2) is 13.6 Å². The summed E-state index contributed by atoms with van der Waals surface area (Å²) in [5, 5.41) is 10.6. The molecule has 1 heterocycles. The predicted molar refractivity (Wildman–Crippen MR) is 107 cm³/mol. The van der Waals surface area contributed by atoms with Crippen molar-refractivity contribution in [1.82, 2.24) is 5.32 Å². The second kappa shape index (κ2) is 8.29. The molecule has 0 aliphatic carbocycles. The molecule has 3 rings (SSSR count). The maximum Gasteiger partial charge on any atom is 0.291 e. The maximum absolute atomic E-state index is 12.7. The molecule has 3 aromatic rings. The molecule has 0 spiro atoms. The first-order valence-corrected chi connectivity index (χ1v) is 10.2. The van der Waals surface area contributed by atoms with Gasteiger partial charge in [0.1, 0.15) is 0 Å². The van der Waals surface area contributed by atoms with Crippen molar-refractivity contribution >= 4 is 27.5 Å². The molecule has 9 heteroatoms. The highest BCUT2D eigenvalue weighted by Crippen LogP contribution is 2.20. The largest absolute Gasteiger partial charge is 0.459 e. The number of furan rings is 1. The molecule has 1 unspecified atom stereocenters. The van der Waals surface area contributed by atoms with Crippen molar-refractivity contribution in [3.8, 4) is 0 Å². The fourth-order valence-electron chi connectivity index (χ4n) is 2.69. The van der Waals surface area contributed by atoms with E-state index in [2.05, 4.69) is 10.6 Å². The standard InChI is InChI=1S/C20H19N3O5S/c1-13(14-8-10-15(11-9-14)29(21,26)27)22-19(24)16-5-2-3-6-17(16)23-20(25)18-7-4-12-28-18/h2-13H,1H3,(H,22,24)(H,23,25)(H2,21,26,27). The highest BCUT2D eigenvalue weighted by molar-refractivity contribution is 7.89. The van der Waals surface area contributed by atoms with E-state index in [1.165, 1.54) is 24.5 Å². The summed E-state index contributed by atoms with van der Waals surface area (Å²) in [7, 11) is -3.78. The van der Waals surface area contributed by atoms with Crippen LogP contribution in [0, 0.1) is 0 Å². The quantitative estimate of drug-likeness (QED) is 0.572. The Hall–Kier alpha value is -3.43.